The maximum Gasteiger partial charge on any atom is 0.260 e. The summed E-state index contributed by atoms with van der Waals surface area (Å²) in [6.45, 7) is 10.7. The van der Waals surface area contributed by atoms with Gasteiger partial charge in [0.2, 0.25) is 0 Å². The summed E-state index contributed by atoms with van der Waals surface area (Å²) >= 11 is 6.47. The lowest BCUT2D eigenvalue weighted by Crippen LogP contribution is -2.44. The van der Waals surface area contributed by atoms with E-state index in [9.17, 15) is 9.90 Å². The van der Waals surface area contributed by atoms with Crippen molar-refractivity contribution in [2.45, 2.75) is 83.0 Å². The van der Waals surface area contributed by atoms with Gasteiger partial charge in [-0.3, -0.25) is 4.79 Å². The van der Waals surface area contributed by atoms with E-state index in [2.05, 4.69) is 48.4 Å². The average Bonchev–Trinajstić information content (AvgIpc) is 3.21. The molecule has 9 heteroatoms. The number of ether oxygens (including phenoxy) is 2. The predicted octanol–water partition coefficient (Wildman–Crippen LogP) is 7.41. The molecular formula is C39H58ClN3O4S. The van der Waals surface area contributed by atoms with Gasteiger partial charge in [0.15, 0.2) is 0 Å². The number of carbonyl (C=O) groups is 1. The van der Waals surface area contributed by atoms with Gasteiger partial charge in [0.25, 0.3) is 5.91 Å². The number of aliphatic hydroxyl groups excluding tert-OH is 1. The largest absolute Gasteiger partial charge is 0.491 e. The highest BCUT2D eigenvalue weighted by molar-refractivity contribution is 8.13. The molecule has 3 aliphatic rings. The van der Waals surface area contributed by atoms with Crippen LogP contribution < -0.4 is 14.4 Å². The van der Waals surface area contributed by atoms with Gasteiger partial charge in [0.1, 0.15) is 5.75 Å². The Morgan fingerprint density at radius 3 is 2.69 bits per heavy atom. The Hall–Kier alpha value is -2.10. The number of hydrogen-bond donors (Lipinski definition) is 2. The first-order valence-electron chi connectivity index (χ1n) is 18.1. The molecule has 48 heavy (non-hydrogen) atoms. The van der Waals surface area contributed by atoms with Gasteiger partial charge < -0.3 is 29.1 Å². The van der Waals surface area contributed by atoms with Crippen LogP contribution in [-0.2, 0) is 11.2 Å². The number of rotatable bonds is 9. The van der Waals surface area contributed by atoms with Crippen LogP contribution in [0.2, 0.25) is 5.02 Å². The lowest BCUT2D eigenvalue weighted by Gasteiger charge is -2.45. The zero-order valence-electron chi connectivity index (χ0n) is 29.8. The molecule has 0 spiro atoms. The molecule has 0 aromatic heterocycles. The van der Waals surface area contributed by atoms with Crippen LogP contribution in [0.3, 0.4) is 0 Å². The quantitative estimate of drug-likeness (QED) is 0.266. The summed E-state index contributed by atoms with van der Waals surface area (Å²) in [6, 6.07) is 12.2. The van der Waals surface area contributed by atoms with E-state index in [4.69, 9.17) is 21.1 Å². The van der Waals surface area contributed by atoms with Gasteiger partial charge in [-0.15, -0.1) is 0 Å². The highest BCUT2D eigenvalue weighted by Crippen LogP contribution is 2.45. The van der Waals surface area contributed by atoms with E-state index in [-0.39, 0.29) is 17.1 Å². The minimum absolute atomic E-state index is 0.0684. The Bertz CT molecular complexity index is 1410. The minimum atomic E-state index is -0.507. The van der Waals surface area contributed by atoms with Crippen LogP contribution in [0.15, 0.2) is 36.4 Å². The molecule has 2 N–H and O–H groups in total. The summed E-state index contributed by atoms with van der Waals surface area (Å²) in [5.74, 6) is 7.30. The van der Waals surface area contributed by atoms with Crippen LogP contribution in [0.1, 0.15) is 86.7 Å². The molecule has 1 fully saturated rings. The first kappa shape index (κ1) is 37.2. The maximum atomic E-state index is 13.6. The zero-order valence-corrected chi connectivity index (χ0v) is 31.3. The number of aliphatic hydroxyl groups is 1. The summed E-state index contributed by atoms with van der Waals surface area (Å²) in [7, 11) is 3.45. The standard InChI is InChI=1S/C39H58ClN3O4S/c1-7-9-28-18-33(40)14-16-35(28)32-21-43-20-30-12-15-36(30)31(23-46-25-34(44)22-42(4)5)11-8-10-26(2)27(3)48(6)41-39(45)29-13-17-38(47-24-32)37(43)19-29/h13-14,16-19,26-27,30-32,34,36,44H,6-12,15,20-25H2,1-5H3,(H,41,45). The van der Waals surface area contributed by atoms with Crippen molar-refractivity contribution in [1.29, 1.82) is 0 Å². The van der Waals surface area contributed by atoms with Crippen molar-refractivity contribution in [2.75, 3.05) is 58.5 Å². The van der Waals surface area contributed by atoms with E-state index >= 15 is 0 Å². The Labute approximate surface area is 296 Å². The normalized spacial score (nSPS) is 28.9. The molecule has 266 valence electrons. The third kappa shape index (κ3) is 9.36. The van der Waals surface area contributed by atoms with Crippen molar-refractivity contribution in [3.05, 3.63) is 58.1 Å². The number of nitrogens with zero attached hydrogens (tertiary/aromatic N) is 2. The van der Waals surface area contributed by atoms with E-state index in [1.54, 1.807) is 0 Å². The molecule has 8 unspecified atom stereocenters. The summed E-state index contributed by atoms with van der Waals surface area (Å²) < 4.78 is 16.1. The fraction of sp³-hybridized carbons (Fsp3) is 0.641. The first-order valence-corrected chi connectivity index (χ1v) is 19.9. The Kier molecular flexibility index (Phi) is 13.3. The summed E-state index contributed by atoms with van der Waals surface area (Å²) in [6.07, 6.45) is 7.25. The third-order valence-electron chi connectivity index (χ3n) is 11.0. The Morgan fingerprint density at radius 2 is 1.96 bits per heavy atom. The van der Waals surface area contributed by atoms with E-state index < -0.39 is 16.8 Å². The number of nitrogens with one attached hydrogen (secondary N) is 1. The molecule has 2 heterocycles. The second kappa shape index (κ2) is 17.2. The number of fused-ring (bicyclic) bond motifs is 2. The van der Waals surface area contributed by atoms with E-state index in [1.165, 1.54) is 24.0 Å². The molecule has 0 saturated heterocycles. The zero-order chi connectivity index (χ0) is 34.4. The van der Waals surface area contributed by atoms with Gasteiger partial charge in [-0.05, 0) is 111 Å². The van der Waals surface area contributed by atoms with Crippen LogP contribution in [0.5, 0.6) is 5.75 Å². The van der Waals surface area contributed by atoms with Crippen molar-refractivity contribution in [2.24, 2.45) is 23.7 Å². The second-order valence-electron chi connectivity index (χ2n) is 14.9. The maximum absolute atomic E-state index is 13.6. The summed E-state index contributed by atoms with van der Waals surface area (Å²) in [5, 5.41) is 11.5. The number of amides is 1. The SMILES string of the molecule is C=S1NC(=O)c2ccc3c(c2)N(CC(c2ccc(Cl)cc2CCC)CO3)CC2CCC2C(COCC(O)CN(C)C)CCCC(C)C1C. The van der Waals surface area contributed by atoms with Crippen LogP contribution in [0.4, 0.5) is 5.69 Å². The second-order valence-corrected chi connectivity index (χ2v) is 17.1. The Morgan fingerprint density at radius 1 is 1.15 bits per heavy atom. The third-order valence-corrected chi connectivity index (χ3v) is 13.0. The number of carbonyl (C=O) groups excluding carboxylic acids is 1. The molecule has 1 saturated carbocycles. The lowest BCUT2D eigenvalue weighted by molar-refractivity contribution is -0.0200. The molecule has 5 rings (SSSR count). The molecule has 7 nitrogen and oxygen atoms in total. The molecule has 1 amide bonds. The molecule has 2 bridgehead atoms. The van der Waals surface area contributed by atoms with Gasteiger partial charge in [-0.25, -0.2) is 0 Å². The van der Waals surface area contributed by atoms with Crippen LogP contribution in [0, 0.1) is 23.7 Å². The number of likely N-dealkylation sites (N-methyl/N-ethyl adjacent to an activating group) is 1. The number of anilines is 1. The predicted molar refractivity (Wildman–Crippen MR) is 202 cm³/mol. The van der Waals surface area contributed by atoms with Gasteiger partial charge >= 0.3 is 0 Å². The Balaban J connectivity index is 1.46. The summed E-state index contributed by atoms with van der Waals surface area (Å²) in [5.41, 5.74) is 4.25. The minimum Gasteiger partial charge on any atom is -0.491 e. The number of benzene rings is 2. The molecule has 0 radical (unpaired) electrons. The first-order chi connectivity index (χ1) is 23.0. The fourth-order valence-corrected chi connectivity index (χ4v) is 9.35. The van der Waals surface area contributed by atoms with E-state index in [0.29, 0.717) is 55.6 Å². The van der Waals surface area contributed by atoms with Gasteiger partial charge in [0.05, 0.1) is 25.0 Å². The lowest BCUT2D eigenvalue weighted by atomic mass is 9.65. The van der Waals surface area contributed by atoms with Crippen molar-refractivity contribution >= 4 is 39.7 Å². The molecular weight excluding hydrogens is 642 g/mol. The average molecular weight is 700 g/mol. The van der Waals surface area contributed by atoms with Crippen LogP contribution >= 0.6 is 22.3 Å². The molecule has 2 aromatic rings. The number of hydrogen-bond acceptors (Lipinski definition) is 6. The van der Waals surface area contributed by atoms with Gasteiger partial charge in [-0.1, -0.05) is 67.8 Å². The van der Waals surface area contributed by atoms with Gasteiger partial charge in [0, 0.05) is 48.0 Å². The van der Waals surface area contributed by atoms with Crippen molar-refractivity contribution in [3.63, 3.8) is 0 Å². The summed E-state index contributed by atoms with van der Waals surface area (Å²) in [4.78, 5) is 18.1. The van der Waals surface area contributed by atoms with Crippen LogP contribution in [0.25, 0.3) is 0 Å². The fourth-order valence-electron chi connectivity index (χ4n) is 7.92. The van der Waals surface area contributed by atoms with Crippen molar-refractivity contribution in [3.8, 4) is 5.75 Å². The number of halogens is 1. The highest BCUT2D eigenvalue weighted by atomic mass is 35.5. The monoisotopic (exact) mass is 699 g/mol. The van der Waals surface area contributed by atoms with Crippen molar-refractivity contribution < 1.29 is 19.4 Å². The van der Waals surface area contributed by atoms with E-state index in [1.807, 2.05) is 43.3 Å². The van der Waals surface area contributed by atoms with E-state index in [0.717, 1.165) is 61.7 Å². The topological polar surface area (TPSA) is 74.3 Å². The van der Waals surface area contributed by atoms with Gasteiger partial charge in [-0.2, -0.15) is 0 Å². The molecule has 8 atom stereocenters. The molecule has 1 aliphatic carbocycles. The molecule has 2 aromatic carbocycles. The van der Waals surface area contributed by atoms with Crippen molar-refractivity contribution in [1.82, 2.24) is 9.62 Å². The number of aryl methyl sites for hydroxylation is 1. The highest BCUT2D eigenvalue weighted by Gasteiger charge is 2.39. The molecule has 2 aliphatic heterocycles. The van der Waals surface area contributed by atoms with Crippen LogP contribution in [-0.4, -0.2) is 86.7 Å². The smallest absolute Gasteiger partial charge is 0.260 e.